The van der Waals surface area contributed by atoms with Crippen molar-refractivity contribution >= 4 is 23.1 Å². The molecule has 1 aromatic carbocycles. The lowest BCUT2D eigenvalue weighted by atomic mass is 10.1. The topological polar surface area (TPSA) is 28.7 Å². The van der Waals surface area contributed by atoms with Crippen LogP contribution in [0.2, 0.25) is 0 Å². The Labute approximate surface area is 112 Å². The summed E-state index contributed by atoms with van der Waals surface area (Å²) in [5.41, 5.74) is 3.33. The van der Waals surface area contributed by atoms with Crippen LogP contribution in [0.4, 0.5) is 0 Å². The summed E-state index contributed by atoms with van der Waals surface area (Å²) in [6, 6.07) is 14.3. The van der Waals surface area contributed by atoms with E-state index in [0.717, 1.165) is 5.69 Å². The zero-order chi connectivity index (χ0) is 12.9. The third-order valence-corrected chi connectivity index (χ3v) is 2.93. The normalized spacial score (nSPS) is 11.8. The molecule has 0 aliphatic carbocycles. The van der Waals surface area contributed by atoms with Crippen molar-refractivity contribution < 1.29 is 0 Å². The smallest absolute Gasteiger partial charge is 0.0629 e. The van der Waals surface area contributed by atoms with Gasteiger partial charge >= 0.3 is 0 Å². The van der Waals surface area contributed by atoms with Crippen LogP contribution >= 0.6 is 0 Å². The summed E-state index contributed by atoms with van der Waals surface area (Å²) in [6.07, 6.45) is 11.9. The molecule has 19 heavy (non-hydrogen) atoms. The number of aromatic nitrogens is 2. The Kier molecular flexibility index (Phi) is 3.24. The Morgan fingerprint density at radius 2 is 1.89 bits per heavy atom. The number of nitrogens with one attached hydrogen (secondary N) is 1. The zero-order valence-electron chi connectivity index (χ0n) is 10.5. The molecule has 0 aliphatic heterocycles. The van der Waals surface area contributed by atoms with E-state index >= 15 is 0 Å². The van der Waals surface area contributed by atoms with Gasteiger partial charge in [-0.3, -0.25) is 4.98 Å². The van der Waals surface area contributed by atoms with E-state index in [1.807, 2.05) is 42.6 Å². The fraction of sp³-hybridized carbons (Fsp3) is 0. The molecule has 2 heterocycles. The van der Waals surface area contributed by atoms with Gasteiger partial charge in [0.25, 0.3) is 0 Å². The molecule has 0 atom stereocenters. The van der Waals surface area contributed by atoms with E-state index in [1.165, 1.54) is 16.5 Å². The number of hydrogen-bond donors (Lipinski definition) is 1. The van der Waals surface area contributed by atoms with E-state index in [-0.39, 0.29) is 0 Å². The highest BCUT2D eigenvalue weighted by Crippen LogP contribution is 2.15. The molecular formula is C17H14N2. The molecule has 2 heteroatoms. The first-order valence-electron chi connectivity index (χ1n) is 6.25. The van der Waals surface area contributed by atoms with Crippen molar-refractivity contribution in [2.24, 2.45) is 0 Å². The molecule has 0 fully saturated rings. The molecule has 2 nitrogen and oxygen atoms in total. The molecule has 0 saturated carbocycles. The molecule has 0 saturated heterocycles. The number of aromatic amines is 1. The second-order valence-corrected chi connectivity index (χ2v) is 4.30. The molecule has 0 bridgehead atoms. The number of H-pyrrole nitrogens is 1. The first-order chi connectivity index (χ1) is 9.42. The molecule has 1 N–H and O–H groups in total. The van der Waals surface area contributed by atoms with Gasteiger partial charge in [-0.25, -0.2) is 0 Å². The Morgan fingerprint density at radius 3 is 2.79 bits per heavy atom. The zero-order valence-corrected chi connectivity index (χ0v) is 10.5. The highest BCUT2D eigenvalue weighted by molar-refractivity contribution is 5.82. The van der Waals surface area contributed by atoms with E-state index < -0.39 is 0 Å². The molecule has 92 valence electrons. The average Bonchev–Trinajstić information content (AvgIpc) is 2.92. The maximum atomic E-state index is 4.23. The van der Waals surface area contributed by atoms with Crippen LogP contribution in [0.15, 0.2) is 67.0 Å². The van der Waals surface area contributed by atoms with Gasteiger partial charge in [0.15, 0.2) is 0 Å². The summed E-state index contributed by atoms with van der Waals surface area (Å²) in [5.74, 6) is 0. The highest BCUT2D eigenvalue weighted by atomic mass is 14.7. The van der Waals surface area contributed by atoms with Crippen molar-refractivity contribution in [1.29, 1.82) is 0 Å². The van der Waals surface area contributed by atoms with Crippen molar-refractivity contribution in [3.05, 3.63) is 78.3 Å². The van der Waals surface area contributed by atoms with Gasteiger partial charge in [0.2, 0.25) is 0 Å². The summed E-state index contributed by atoms with van der Waals surface area (Å²) in [5, 5.41) is 1.23. The van der Waals surface area contributed by atoms with Crippen molar-refractivity contribution in [3.63, 3.8) is 0 Å². The van der Waals surface area contributed by atoms with Crippen LogP contribution in [-0.2, 0) is 0 Å². The number of allylic oxidation sites excluding steroid dienone is 2. The monoisotopic (exact) mass is 246 g/mol. The minimum Gasteiger partial charge on any atom is -0.361 e. The number of rotatable bonds is 3. The largest absolute Gasteiger partial charge is 0.361 e. The van der Waals surface area contributed by atoms with Gasteiger partial charge in [0.05, 0.1) is 5.69 Å². The summed E-state index contributed by atoms with van der Waals surface area (Å²) < 4.78 is 0. The first-order valence-corrected chi connectivity index (χ1v) is 6.25. The van der Waals surface area contributed by atoms with Gasteiger partial charge in [-0.15, -0.1) is 0 Å². The van der Waals surface area contributed by atoms with Crippen molar-refractivity contribution in [3.8, 4) is 0 Å². The SMILES string of the molecule is C(C=Cc1ccccn1)=Cc1ccc2[nH]ccc2c1. The van der Waals surface area contributed by atoms with E-state index in [9.17, 15) is 0 Å². The molecular weight excluding hydrogens is 232 g/mol. The lowest BCUT2D eigenvalue weighted by Gasteiger charge is -1.93. The lowest BCUT2D eigenvalue weighted by Crippen LogP contribution is -1.75. The van der Waals surface area contributed by atoms with E-state index in [4.69, 9.17) is 0 Å². The molecule has 0 unspecified atom stereocenters. The van der Waals surface area contributed by atoms with Crippen molar-refractivity contribution in [1.82, 2.24) is 9.97 Å². The maximum absolute atomic E-state index is 4.23. The van der Waals surface area contributed by atoms with Gasteiger partial charge in [-0.05, 0) is 47.4 Å². The number of nitrogens with zero attached hydrogens (tertiary/aromatic N) is 1. The van der Waals surface area contributed by atoms with E-state index in [1.54, 1.807) is 6.20 Å². The van der Waals surface area contributed by atoms with Crippen LogP contribution in [0.3, 0.4) is 0 Å². The van der Waals surface area contributed by atoms with Crippen LogP contribution in [0.5, 0.6) is 0 Å². The van der Waals surface area contributed by atoms with Crippen LogP contribution in [0.1, 0.15) is 11.3 Å². The van der Waals surface area contributed by atoms with Crippen molar-refractivity contribution in [2.75, 3.05) is 0 Å². The Morgan fingerprint density at radius 1 is 0.947 bits per heavy atom. The molecule has 0 amide bonds. The molecule has 0 radical (unpaired) electrons. The third kappa shape index (κ3) is 2.80. The minimum atomic E-state index is 0.966. The standard InChI is InChI=1S/C17H14N2/c1(2-6-16-7-3-4-11-18-16)5-14-8-9-17-15(13-14)10-12-19-17/h1-13,19H. The second kappa shape index (κ2) is 5.36. The fourth-order valence-electron chi connectivity index (χ4n) is 1.97. The number of benzene rings is 1. The summed E-state index contributed by atoms with van der Waals surface area (Å²) in [4.78, 5) is 7.42. The van der Waals surface area contributed by atoms with E-state index in [2.05, 4.69) is 40.3 Å². The van der Waals surface area contributed by atoms with Crippen LogP contribution in [-0.4, -0.2) is 9.97 Å². The molecule has 3 aromatic rings. The number of pyridine rings is 1. The Bertz CT molecular complexity index is 721. The van der Waals surface area contributed by atoms with Gasteiger partial charge < -0.3 is 4.98 Å². The van der Waals surface area contributed by atoms with Gasteiger partial charge in [-0.2, -0.15) is 0 Å². The van der Waals surface area contributed by atoms with Crippen LogP contribution in [0.25, 0.3) is 23.1 Å². The molecule has 2 aromatic heterocycles. The van der Waals surface area contributed by atoms with Crippen LogP contribution in [0, 0.1) is 0 Å². The summed E-state index contributed by atoms with van der Waals surface area (Å²) in [6.45, 7) is 0. The van der Waals surface area contributed by atoms with Gasteiger partial charge in [0, 0.05) is 17.9 Å². The van der Waals surface area contributed by atoms with Gasteiger partial charge in [-0.1, -0.05) is 30.4 Å². The number of hydrogen-bond acceptors (Lipinski definition) is 1. The minimum absolute atomic E-state index is 0.966. The molecule has 0 aliphatic rings. The number of fused-ring (bicyclic) bond motifs is 1. The van der Waals surface area contributed by atoms with Crippen molar-refractivity contribution in [2.45, 2.75) is 0 Å². The quantitative estimate of drug-likeness (QED) is 0.686. The van der Waals surface area contributed by atoms with Gasteiger partial charge in [0.1, 0.15) is 0 Å². The van der Waals surface area contributed by atoms with E-state index in [0.29, 0.717) is 0 Å². The predicted octanol–water partition coefficient (Wildman–Crippen LogP) is 4.29. The fourth-order valence-corrected chi connectivity index (χ4v) is 1.97. The predicted molar refractivity (Wildman–Crippen MR) is 80.6 cm³/mol. The Balaban J connectivity index is 1.73. The molecule has 3 rings (SSSR count). The first kappa shape index (κ1) is 11.5. The lowest BCUT2D eigenvalue weighted by molar-refractivity contribution is 1.30. The Hall–Kier alpha value is -2.61. The summed E-state index contributed by atoms with van der Waals surface area (Å²) >= 11 is 0. The molecule has 0 spiro atoms. The average molecular weight is 246 g/mol. The van der Waals surface area contributed by atoms with Crippen LogP contribution < -0.4 is 0 Å². The summed E-state index contributed by atoms with van der Waals surface area (Å²) in [7, 11) is 0. The second-order valence-electron chi connectivity index (χ2n) is 4.30. The third-order valence-electron chi connectivity index (χ3n) is 2.93. The highest BCUT2D eigenvalue weighted by Gasteiger charge is 1.93. The maximum Gasteiger partial charge on any atom is 0.0629 e.